The van der Waals surface area contributed by atoms with E-state index in [4.69, 9.17) is 13.8 Å². The monoisotopic (exact) mass is 360 g/mol. The molecule has 0 N–H and O–H groups in total. The third kappa shape index (κ3) is 4.82. The van der Waals surface area contributed by atoms with E-state index in [0.717, 1.165) is 11.1 Å². The van der Waals surface area contributed by atoms with Crippen molar-refractivity contribution in [2.75, 3.05) is 19.8 Å². The first-order valence-corrected chi connectivity index (χ1v) is 10.0. The smallest absolute Gasteiger partial charge is 0.342 e. The van der Waals surface area contributed by atoms with Crippen LogP contribution in [0.2, 0.25) is 0 Å². The summed E-state index contributed by atoms with van der Waals surface area (Å²) in [6.07, 6.45) is 1.68. The third-order valence-corrected chi connectivity index (χ3v) is 6.06. The fraction of sp³-hybridized carbons (Fsp3) is 0.300. The van der Waals surface area contributed by atoms with Crippen molar-refractivity contribution in [2.45, 2.75) is 19.5 Å². The molecule has 0 aliphatic carbocycles. The molecule has 1 atom stereocenters. The van der Waals surface area contributed by atoms with Gasteiger partial charge in [-0.2, -0.15) is 0 Å². The molecule has 0 aliphatic heterocycles. The Labute approximate surface area is 150 Å². The van der Waals surface area contributed by atoms with Gasteiger partial charge in [0.2, 0.25) is 0 Å². The van der Waals surface area contributed by atoms with Crippen LogP contribution in [0.5, 0.6) is 5.75 Å². The van der Waals surface area contributed by atoms with Crippen LogP contribution in [-0.4, -0.2) is 19.8 Å². The number of hydrogen-bond donors (Lipinski definition) is 0. The maximum Gasteiger partial charge on any atom is 0.342 e. The van der Waals surface area contributed by atoms with E-state index in [1.54, 1.807) is 6.08 Å². The van der Waals surface area contributed by atoms with Crippen molar-refractivity contribution < 1.29 is 18.3 Å². The Morgan fingerprint density at radius 1 is 1.00 bits per heavy atom. The number of ether oxygens (including phenoxy) is 1. The van der Waals surface area contributed by atoms with Crippen LogP contribution >= 0.6 is 7.60 Å². The predicted molar refractivity (Wildman–Crippen MR) is 101 cm³/mol. The van der Waals surface area contributed by atoms with Crippen LogP contribution in [0, 0.1) is 0 Å². The van der Waals surface area contributed by atoms with Crippen LogP contribution in [0.3, 0.4) is 0 Å². The van der Waals surface area contributed by atoms with Gasteiger partial charge < -0.3 is 13.8 Å². The molecule has 0 saturated carbocycles. The fourth-order valence-electron chi connectivity index (χ4n) is 2.70. The molecule has 0 fully saturated rings. The normalized spacial score (nSPS) is 12.6. The summed E-state index contributed by atoms with van der Waals surface area (Å²) in [5.41, 5.74) is 1.08. The van der Waals surface area contributed by atoms with Gasteiger partial charge in [0.15, 0.2) is 0 Å². The lowest BCUT2D eigenvalue weighted by Crippen LogP contribution is -2.10. The number of rotatable bonds is 10. The summed E-state index contributed by atoms with van der Waals surface area (Å²) in [6.45, 7) is 8.28. The number of para-hydroxylation sites is 1. The first kappa shape index (κ1) is 19.5. The van der Waals surface area contributed by atoms with E-state index in [-0.39, 0.29) is 0 Å². The lowest BCUT2D eigenvalue weighted by Gasteiger charge is -2.28. The molecule has 0 spiro atoms. The Bertz CT molecular complexity index is 705. The topological polar surface area (TPSA) is 44.8 Å². The Morgan fingerprint density at radius 3 is 2.20 bits per heavy atom. The van der Waals surface area contributed by atoms with Gasteiger partial charge in [-0.25, -0.2) is 0 Å². The Morgan fingerprint density at radius 2 is 1.60 bits per heavy atom. The van der Waals surface area contributed by atoms with Crippen molar-refractivity contribution in [1.29, 1.82) is 0 Å². The van der Waals surface area contributed by atoms with Gasteiger partial charge in [-0.3, -0.25) is 4.57 Å². The first-order valence-electron chi connectivity index (χ1n) is 8.42. The molecule has 0 aliphatic rings. The Kier molecular flexibility index (Phi) is 7.45. The molecule has 0 radical (unpaired) electrons. The van der Waals surface area contributed by atoms with Gasteiger partial charge in [0.05, 0.1) is 13.2 Å². The van der Waals surface area contributed by atoms with E-state index in [9.17, 15) is 4.57 Å². The van der Waals surface area contributed by atoms with Crippen molar-refractivity contribution in [1.82, 2.24) is 0 Å². The molecule has 0 bridgehead atoms. The lowest BCUT2D eigenvalue weighted by atomic mass is 10.0. The summed E-state index contributed by atoms with van der Waals surface area (Å²) in [4.78, 5) is 0. The van der Waals surface area contributed by atoms with Crippen LogP contribution in [0.25, 0.3) is 0 Å². The van der Waals surface area contributed by atoms with Crippen LogP contribution in [0.4, 0.5) is 0 Å². The molecule has 5 heteroatoms. The summed E-state index contributed by atoms with van der Waals surface area (Å²) in [5, 5.41) is 0. The highest BCUT2D eigenvalue weighted by atomic mass is 31.2. The predicted octanol–water partition coefficient (Wildman–Crippen LogP) is 5.61. The fourth-order valence-corrected chi connectivity index (χ4v) is 4.88. The van der Waals surface area contributed by atoms with Crippen molar-refractivity contribution in [2.24, 2.45) is 0 Å². The summed E-state index contributed by atoms with van der Waals surface area (Å²) in [5.74, 6) is 0.649. The van der Waals surface area contributed by atoms with Crippen molar-refractivity contribution in [3.63, 3.8) is 0 Å². The minimum atomic E-state index is -3.44. The van der Waals surface area contributed by atoms with Gasteiger partial charge in [0.1, 0.15) is 18.0 Å². The van der Waals surface area contributed by atoms with Gasteiger partial charge in [0.25, 0.3) is 0 Å². The second kappa shape index (κ2) is 9.57. The average molecular weight is 360 g/mol. The van der Waals surface area contributed by atoms with Gasteiger partial charge in [-0.1, -0.05) is 61.2 Å². The largest absolute Gasteiger partial charge is 0.489 e. The van der Waals surface area contributed by atoms with E-state index in [0.29, 0.717) is 25.6 Å². The molecular weight excluding hydrogens is 335 g/mol. The molecule has 2 aromatic rings. The minimum Gasteiger partial charge on any atom is -0.489 e. The SMILES string of the molecule is C=CCOc1ccccc1C(c1ccccc1)P(=O)(OCC)OCC. The zero-order valence-electron chi connectivity index (χ0n) is 14.8. The summed E-state index contributed by atoms with van der Waals surface area (Å²) >= 11 is 0. The zero-order chi connectivity index (χ0) is 18.1. The lowest BCUT2D eigenvalue weighted by molar-refractivity contribution is 0.214. The summed E-state index contributed by atoms with van der Waals surface area (Å²) in [6, 6.07) is 17.2. The quantitative estimate of drug-likeness (QED) is 0.408. The molecule has 25 heavy (non-hydrogen) atoms. The maximum absolute atomic E-state index is 13.6. The molecule has 134 valence electrons. The van der Waals surface area contributed by atoms with E-state index in [1.807, 2.05) is 68.4 Å². The van der Waals surface area contributed by atoms with Crippen molar-refractivity contribution in [3.05, 3.63) is 78.4 Å². The molecule has 2 rings (SSSR count). The van der Waals surface area contributed by atoms with Crippen LogP contribution in [-0.2, 0) is 13.6 Å². The number of benzene rings is 2. The second-order valence-corrected chi connectivity index (χ2v) is 7.44. The molecular formula is C20H25O4P. The first-order chi connectivity index (χ1) is 12.2. The summed E-state index contributed by atoms with van der Waals surface area (Å²) < 4.78 is 30.7. The average Bonchev–Trinajstić information content (AvgIpc) is 2.62. The zero-order valence-corrected chi connectivity index (χ0v) is 15.7. The highest BCUT2D eigenvalue weighted by molar-refractivity contribution is 7.54. The maximum atomic E-state index is 13.6. The van der Waals surface area contributed by atoms with Gasteiger partial charge >= 0.3 is 7.60 Å². The second-order valence-electron chi connectivity index (χ2n) is 5.33. The Hall–Kier alpha value is -1.87. The van der Waals surface area contributed by atoms with Crippen LogP contribution in [0.15, 0.2) is 67.3 Å². The highest BCUT2D eigenvalue weighted by Crippen LogP contribution is 2.64. The molecule has 0 amide bonds. The number of hydrogen-bond acceptors (Lipinski definition) is 4. The summed E-state index contributed by atoms with van der Waals surface area (Å²) in [7, 11) is -3.44. The van der Waals surface area contributed by atoms with E-state index in [1.165, 1.54) is 0 Å². The third-order valence-electron chi connectivity index (χ3n) is 3.62. The molecule has 2 aromatic carbocycles. The van der Waals surface area contributed by atoms with Crippen LogP contribution in [0.1, 0.15) is 30.6 Å². The van der Waals surface area contributed by atoms with E-state index >= 15 is 0 Å². The molecule has 1 unspecified atom stereocenters. The molecule has 0 heterocycles. The van der Waals surface area contributed by atoms with Gasteiger partial charge in [-0.15, -0.1) is 0 Å². The van der Waals surface area contributed by atoms with E-state index in [2.05, 4.69) is 6.58 Å². The molecule has 0 aromatic heterocycles. The minimum absolute atomic E-state index is 0.302. The van der Waals surface area contributed by atoms with Gasteiger partial charge in [-0.05, 0) is 25.5 Å². The Balaban J connectivity index is 2.60. The van der Waals surface area contributed by atoms with Gasteiger partial charge in [0, 0.05) is 5.56 Å². The highest BCUT2D eigenvalue weighted by Gasteiger charge is 2.39. The van der Waals surface area contributed by atoms with Crippen molar-refractivity contribution in [3.8, 4) is 5.75 Å². The standard InChI is InChI=1S/C20H25O4P/c1-4-16-22-19-15-11-10-14-18(19)20(17-12-8-7-9-13-17)25(21,23-5-2)24-6-3/h4,7-15,20H,1,5-6,16H2,2-3H3. The van der Waals surface area contributed by atoms with E-state index < -0.39 is 13.3 Å². The molecule has 0 saturated heterocycles. The van der Waals surface area contributed by atoms with Crippen molar-refractivity contribution >= 4 is 7.60 Å². The molecule has 4 nitrogen and oxygen atoms in total. The van der Waals surface area contributed by atoms with Crippen LogP contribution < -0.4 is 4.74 Å².